The molecular weight excluding hydrogens is 278 g/mol. The second-order valence-electron chi connectivity index (χ2n) is 5.41. The van der Waals surface area contributed by atoms with E-state index < -0.39 is 15.9 Å². The monoisotopic (exact) mass is 295 g/mol. The van der Waals surface area contributed by atoms with Crippen LogP contribution in [0.2, 0.25) is 0 Å². The van der Waals surface area contributed by atoms with Crippen LogP contribution >= 0.6 is 0 Å². The van der Waals surface area contributed by atoms with Crippen molar-refractivity contribution in [3.63, 3.8) is 0 Å². The lowest BCUT2D eigenvalue weighted by Crippen LogP contribution is -2.51. The van der Waals surface area contributed by atoms with E-state index in [1.807, 2.05) is 30.3 Å². The molecule has 0 aromatic heterocycles. The zero-order valence-corrected chi connectivity index (χ0v) is 11.9. The summed E-state index contributed by atoms with van der Waals surface area (Å²) in [5.41, 5.74) is 0.929. The zero-order valence-electron chi connectivity index (χ0n) is 11.1. The lowest BCUT2D eigenvalue weighted by Gasteiger charge is -2.33. The lowest BCUT2D eigenvalue weighted by atomic mass is 10.2. The Bertz CT molecular complexity index is 579. The van der Waals surface area contributed by atoms with Crippen molar-refractivity contribution in [2.75, 3.05) is 11.5 Å². The number of sulfone groups is 1. The van der Waals surface area contributed by atoms with Crippen LogP contribution < -0.4 is 0 Å². The third-order valence-corrected chi connectivity index (χ3v) is 5.71. The van der Waals surface area contributed by atoms with Crippen LogP contribution in [0.15, 0.2) is 30.3 Å². The quantitative estimate of drug-likeness (QED) is 0.831. The summed E-state index contributed by atoms with van der Waals surface area (Å²) in [4.78, 5) is 13.8. The minimum atomic E-state index is -3.00. The Morgan fingerprint density at radius 1 is 1.15 bits per heavy atom. The predicted octanol–water partition coefficient (Wildman–Crippen LogP) is 1.58. The first-order valence-electron chi connectivity index (χ1n) is 6.74. The molecule has 0 aliphatic carbocycles. The largest absolute Gasteiger partial charge is 0.445 e. The summed E-state index contributed by atoms with van der Waals surface area (Å²) in [6, 6.07) is 9.05. The molecule has 1 aromatic rings. The highest BCUT2D eigenvalue weighted by Crippen LogP contribution is 2.32. The fraction of sp³-hybridized carbons (Fsp3) is 0.500. The van der Waals surface area contributed by atoms with Crippen LogP contribution in [0, 0.1) is 0 Å². The molecule has 2 saturated heterocycles. The molecule has 2 aliphatic heterocycles. The third-order valence-electron chi connectivity index (χ3n) is 3.93. The van der Waals surface area contributed by atoms with E-state index in [0.717, 1.165) is 18.4 Å². The van der Waals surface area contributed by atoms with Gasteiger partial charge in [0.1, 0.15) is 6.61 Å². The molecule has 0 N–H and O–H groups in total. The first-order chi connectivity index (χ1) is 9.55. The lowest BCUT2D eigenvalue weighted by molar-refractivity contribution is 0.0822. The highest BCUT2D eigenvalue weighted by Gasteiger charge is 2.46. The molecule has 2 aliphatic rings. The van der Waals surface area contributed by atoms with Gasteiger partial charge in [0.15, 0.2) is 9.84 Å². The molecule has 2 unspecified atom stereocenters. The van der Waals surface area contributed by atoms with Gasteiger partial charge >= 0.3 is 6.09 Å². The third kappa shape index (κ3) is 2.65. The van der Waals surface area contributed by atoms with Gasteiger partial charge in [0.2, 0.25) is 0 Å². The number of hydrogen-bond acceptors (Lipinski definition) is 4. The summed E-state index contributed by atoms with van der Waals surface area (Å²) >= 11 is 0. The minimum Gasteiger partial charge on any atom is -0.445 e. The number of amides is 1. The highest BCUT2D eigenvalue weighted by molar-refractivity contribution is 7.91. The topological polar surface area (TPSA) is 63.7 Å². The Hall–Kier alpha value is -1.56. The molecule has 0 spiro atoms. The maximum atomic E-state index is 12.2. The number of carbonyl (C=O) groups is 1. The Morgan fingerprint density at radius 3 is 2.35 bits per heavy atom. The zero-order chi connectivity index (χ0) is 14.2. The summed E-state index contributed by atoms with van der Waals surface area (Å²) < 4.78 is 28.7. The summed E-state index contributed by atoms with van der Waals surface area (Å²) in [5.74, 6) is 0.147. The van der Waals surface area contributed by atoms with Crippen LogP contribution in [-0.2, 0) is 21.2 Å². The minimum absolute atomic E-state index is 0.0734. The van der Waals surface area contributed by atoms with Gasteiger partial charge in [-0.25, -0.2) is 13.2 Å². The Labute approximate surface area is 118 Å². The summed E-state index contributed by atoms with van der Waals surface area (Å²) in [7, 11) is -3.00. The maximum absolute atomic E-state index is 12.2. The van der Waals surface area contributed by atoms with E-state index in [2.05, 4.69) is 0 Å². The number of rotatable bonds is 2. The van der Waals surface area contributed by atoms with Crippen LogP contribution in [0.4, 0.5) is 4.79 Å². The van der Waals surface area contributed by atoms with Gasteiger partial charge in [-0.3, -0.25) is 0 Å². The van der Waals surface area contributed by atoms with Gasteiger partial charge in [0.05, 0.1) is 11.5 Å². The number of hydrogen-bond donors (Lipinski definition) is 0. The van der Waals surface area contributed by atoms with E-state index in [1.54, 1.807) is 4.90 Å². The molecule has 2 atom stereocenters. The molecule has 1 amide bonds. The van der Waals surface area contributed by atoms with Crippen molar-refractivity contribution < 1.29 is 17.9 Å². The molecule has 2 bridgehead atoms. The van der Waals surface area contributed by atoms with Crippen LogP contribution in [0.3, 0.4) is 0 Å². The van der Waals surface area contributed by atoms with Crippen molar-refractivity contribution in [1.29, 1.82) is 0 Å². The summed E-state index contributed by atoms with van der Waals surface area (Å²) in [6.45, 7) is 0.225. The molecule has 0 saturated carbocycles. The van der Waals surface area contributed by atoms with Crippen molar-refractivity contribution in [2.45, 2.75) is 31.5 Å². The van der Waals surface area contributed by atoms with Gasteiger partial charge in [-0.15, -0.1) is 0 Å². The standard InChI is InChI=1S/C14H17NO4S/c16-14(19-8-11-4-2-1-3-5-11)15-12-6-7-13(15)10-20(17,18)9-12/h1-5,12-13H,6-10H2. The van der Waals surface area contributed by atoms with Crippen molar-refractivity contribution in [1.82, 2.24) is 4.90 Å². The molecule has 3 rings (SSSR count). The first kappa shape index (κ1) is 13.4. The van der Waals surface area contributed by atoms with Crippen molar-refractivity contribution in [2.24, 2.45) is 0 Å². The summed E-state index contributed by atoms with van der Waals surface area (Å²) in [5, 5.41) is 0. The molecule has 1 aromatic carbocycles. The second kappa shape index (κ2) is 5.09. The molecule has 0 radical (unpaired) electrons. The van der Waals surface area contributed by atoms with Gasteiger partial charge in [-0.05, 0) is 18.4 Å². The maximum Gasteiger partial charge on any atom is 0.410 e. The number of fused-ring (bicyclic) bond motifs is 2. The van der Waals surface area contributed by atoms with E-state index in [4.69, 9.17) is 4.74 Å². The predicted molar refractivity (Wildman–Crippen MR) is 73.9 cm³/mol. The Kier molecular flexibility index (Phi) is 3.41. The number of ether oxygens (including phenoxy) is 1. The molecule has 2 fully saturated rings. The normalized spacial score (nSPS) is 27.3. The fourth-order valence-electron chi connectivity index (χ4n) is 3.03. The van der Waals surface area contributed by atoms with Gasteiger partial charge < -0.3 is 9.64 Å². The highest BCUT2D eigenvalue weighted by atomic mass is 32.2. The number of carbonyl (C=O) groups excluding carboxylic acids is 1. The van der Waals surface area contributed by atoms with Crippen molar-refractivity contribution in [3.8, 4) is 0 Å². The average molecular weight is 295 g/mol. The number of nitrogens with zero attached hydrogens (tertiary/aromatic N) is 1. The van der Waals surface area contributed by atoms with Gasteiger partial charge in [-0.1, -0.05) is 30.3 Å². The molecular formula is C14H17NO4S. The Balaban J connectivity index is 1.64. The van der Waals surface area contributed by atoms with Crippen LogP contribution in [0.5, 0.6) is 0 Å². The van der Waals surface area contributed by atoms with Gasteiger partial charge in [0.25, 0.3) is 0 Å². The molecule has 108 valence electrons. The Morgan fingerprint density at radius 2 is 1.75 bits per heavy atom. The van der Waals surface area contributed by atoms with E-state index in [1.165, 1.54) is 0 Å². The van der Waals surface area contributed by atoms with Gasteiger partial charge in [-0.2, -0.15) is 0 Å². The van der Waals surface area contributed by atoms with E-state index in [0.29, 0.717) is 0 Å². The molecule has 2 heterocycles. The van der Waals surface area contributed by atoms with Crippen LogP contribution in [-0.4, -0.2) is 43.0 Å². The fourth-order valence-corrected chi connectivity index (χ4v) is 5.00. The smallest absolute Gasteiger partial charge is 0.410 e. The molecule has 6 heteroatoms. The van der Waals surface area contributed by atoms with Crippen molar-refractivity contribution >= 4 is 15.9 Å². The van der Waals surface area contributed by atoms with Crippen molar-refractivity contribution in [3.05, 3.63) is 35.9 Å². The first-order valence-corrected chi connectivity index (χ1v) is 8.57. The van der Waals surface area contributed by atoms with Gasteiger partial charge in [0, 0.05) is 12.1 Å². The van der Waals surface area contributed by atoms with E-state index >= 15 is 0 Å². The van der Waals surface area contributed by atoms with Crippen LogP contribution in [0.25, 0.3) is 0 Å². The summed E-state index contributed by atoms with van der Waals surface area (Å²) in [6.07, 6.45) is 1.12. The average Bonchev–Trinajstić information content (AvgIpc) is 2.70. The van der Waals surface area contributed by atoms with E-state index in [9.17, 15) is 13.2 Å². The molecule has 5 nitrogen and oxygen atoms in total. The molecule has 20 heavy (non-hydrogen) atoms. The van der Waals surface area contributed by atoms with E-state index in [-0.39, 0.29) is 30.2 Å². The second-order valence-corrected chi connectivity index (χ2v) is 7.56. The van der Waals surface area contributed by atoms with Crippen LogP contribution in [0.1, 0.15) is 18.4 Å². The number of benzene rings is 1. The SMILES string of the molecule is O=C(OCc1ccccc1)N1C2CCC1CS(=O)(=O)C2.